The fourth-order valence-electron chi connectivity index (χ4n) is 0.934. The van der Waals surface area contributed by atoms with Crippen molar-refractivity contribution in [2.45, 2.75) is 40.3 Å². The van der Waals surface area contributed by atoms with E-state index in [1.54, 1.807) is 0 Å². The van der Waals surface area contributed by atoms with Crippen molar-refractivity contribution in [1.29, 1.82) is 0 Å². The van der Waals surface area contributed by atoms with Crippen molar-refractivity contribution >= 4 is 36.8 Å². The molecular formula is C8H20BNa. The average molecular weight is 150 g/mol. The van der Waals surface area contributed by atoms with E-state index < -0.39 is 0 Å². The predicted octanol–water partition coefficient (Wildman–Crippen LogP) is 1.92. The van der Waals surface area contributed by atoms with Crippen LogP contribution in [0.5, 0.6) is 0 Å². The van der Waals surface area contributed by atoms with Crippen LogP contribution in [0.15, 0.2) is 0 Å². The molecule has 0 spiro atoms. The Morgan fingerprint density at radius 2 is 1.20 bits per heavy atom. The molecule has 0 rings (SSSR count). The molecule has 0 aromatic rings. The first-order chi connectivity index (χ1) is 4.13. The molecule has 0 aliphatic heterocycles. The van der Waals surface area contributed by atoms with E-state index in [1.165, 1.54) is 19.9 Å². The van der Waals surface area contributed by atoms with E-state index in [2.05, 4.69) is 27.7 Å². The summed E-state index contributed by atoms with van der Waals surface area (Å²) in [5.74, 6) is 1.78. The van der Waals surface area contributed by atoms with Crippen LogP contribution in [0.2, 0.25) is 12.6 Å². The van der Waals surface area contributed by atoms with Gasteiger partial charge in [-0.3, -0.25) is 0 Å². The van der Waals surface area contributed by atoms with Gasteiger partial charge >= 0.3 is 29.6 Å². The monoisotopic (exact) mass is 150 g/mol. The van der Waals surface area contributed by atoms with Gasteiger partial charge in [0.25, 0.3) is 0 Å². The molecule has 0 saturated carbocycles. The van der Waals surface area contributed by atoms with Crippen molar-refractivity contribution < 1.29 is 0 Å². The van der Waals surface area contributed by atoms with E-state index in [9.17, 15) is 0 Å². The minimum atomic E-state index is 0. The molecule has 0 heterocycles. The maximum absolute atomic E-state index is 2.29. The van der Waals surface area contributed by atoms with Gasteiger partial charge in [-0.05, 0) is 0 Å². The summed E-state index contributed by atoms with van der Waals surface area (Å²) in [6.07, 6.45) is 2.80. The zero-order valence-corrected chi connectivity index (χ0v) is 7.28. The third-order valence-electron chi connectivity index (χ3n) is 1.56. The van der Waals surface area contributed by atoms with Gasteiger partial charge in [0.1, 0.15) is 7.28 Å². The van der Waals surface area contributed by atoms with Crippen LogP contribution in [0.4, 0.5) is 0 Å². The molecule has 0 radical (unpaired) electrons. The van der Waals surface area contributed by atoms with Crippen LogP contribution in [0.25, 0.3) is 0 Å². The first-order valence-electron chi connectivity index (χ1n) is 4.13. The predicted molar refractivity (Wildman–Crippen MR) is 53.6 cm³/mol. The molecule has 0 aromatic heterocycles. The molecule has 0 unspecified atom stereocenters. The van der Waals surface area contributed by atoms with Crippen molar-refractivity contribution in [3.05, 3.63) is 0 Å². The molecule has 0 nitrogen and oxygen atoms in total. The molecule has 0 N–H and O–H groups in total. The number of hydrogen-bond acceptors (Lipinski definition) is 0. The molecule has 2 heteroatoms. The molecule has 0 atom stereocenters. The third kappa shape index (κ3) is 11.8. The van der Waals surface area contributed by atoms with E-state index in [0.717, 1.165) is 11.8 Å². The molecule has 0 fully saturated rings. The summed E-state index contributed by atoms with van der Waals surface area (Å²) in [6.45, 7) is 9.17. The Balaban J connectivity index is 0. The van der Waals surface area contributed by atoms with Gasteiger partial charge in [0.15, 0.2) is 0 Å². The fraction of sp³-hybridized carbons (Fsp3) is 1.00. The zero-order valence-electron chi connectivity index (χ0n) is 7.28. The van der Waals surface area contributed by atoms with Crippen LogP contribution in [0, 0.1) is 11.8 Å². The average Bonchev–Trinajstić information content (AvgIpc) is 1.63. The van der Waals surface area contributed by atoms with Crippen molar-refractivity contribution in [1.82, 2.24) is 0 Å². The summed E-state index contributed by atoms with van der Waals surface area (Å²) in [4.78, 5) is 0. The first kappa shape index (κ1) is 13.6. The Morgan fingerprint density at radius 1 is 0.900 bits per heavy atom. The molecule has 0 saturated heterocycles. The SMILES string of the molecule is CC(C)CBCC(C)C.[NaH]. The van der Waals surface area contributed by atoms with E-state index in [4.69, 9.17) is 0 Å². The molecule has 10 heavy (non-hydrogen) atoms. The van der Waals surface area contributed by atoms with Crippen LogP contribution in [0.3, 0.4) is 0 Å². The number of rotatable bonds is 4. The van der Waals surface area contributed by atoms with Gasteiger partial charge in [-0.2, -0.15) is 0 Å². The van der Waals surface area contributed by atoms with Gasteiger partial charge in [0.05, 0.1) is 0 Å². The Bertz CT molecular complexity index is 54.3. The van der Waals surface area contributed by atoms with Gasteiger partial charge < -0.3 is 0 Å². The molecule has 0 bridgehead atoms. The summed E-state index contributed by atoms with van der Waals surface area (Å²) in [5, 5.41) is 0. The van der Waals surface area contributed by atoms with Crippen molar-refractivity contribution in [3.8, 4) is 0 Å². The summed E-state index contributed by atoms with van der Waals surface area (Å²) in [5.41, 5.74) is 0. The Labute approximate surface area is 88.7 Å². The van der Waals surface area contributed by atoms with Crippen molar-refractivity contribution in [2.75, 3.05) is 0 Å². The van der Waals surface area contributed by atoms with Crippen LogP contribution in [0.1, 0.15) is 27.7 Å². The molecule has 0 aromatic carbocycles. The first-order valence-corrected chi connectivity index (χ1v) is 4.13. The second-order valence-corrected chi connectivity index (χ2v) is 3.72. The molecule has 0 aliphatic carbocycles. The summed E-state index contributed by atoms with van der Waals surface area (Å²) in [7, 11) is 1.41. The zero-order chi connectivity index (χ0) is 7.28. The minimum absolute atomic E-state index is 0. The van der Waals surface area contributed by atoms with Gasteiger partial charge in [-0.15, -0.1) is 0 Å². The van der Waals surface area contributed by atoms with E-state index in [1.807, 2.05) is 0 Å². The standard InChI is InChI=1S/C8H19B.Na.H/c1-7(2)5-9-6-8(3)4;;/h7-9H,5-6H2,1-4H3;;. The molecule has 56 valence electrons. The summed E-state index contributed by atoms with van der Waals surface area (Å²) in [6, 6.07) is 0. The summed E-state index contributed by atoms with van der Waals surface area (Å²) < 4.78 is 0. The molecule has 0 aliphatic rings. The van der Waals surface area contributed by atoms with Crippen LogP contribution in [-0.2, 0) is 0 Å². The molecular weight excluding hydrogens is 130 g/mol. The van der Waals surface area contributed by atoms with Crippen LogP contribution >= 0.6 is 0 Å². The van der Waals surface area contributed by atoms with Gasteiger partial charge in [-0.1, -0.05) is 52.2 Å². The van der Waals surface area contributed by atoms with Crippen LogP contribution in [-0.4, -0.2) is 36.8 Å². The second kappa shape index (κ2) is 8.16. The normalized spacial score (nSPS) is 9.80. The van der Waals surface area contributed by atoms with Gasteiger partial charge in [-0.25, -0.2) is 0 Å². The van der Waals surface area contributed by atoms with E-state index in [0.29, 0.717) is 0 Å². The van der Waals surface area contributed by atoms with Crippen LogP contribution < -0.4 is 0 Å². The van der Waals surface area contributed by atoms with Gasteiger partial charge in [0, 0.05) is 0 Å². The Morgan fingerprint density at radius 3 is 1.40 bits per heavy atom. The van der Waals surface area contributed by atoms with E-state index in [-0.39, 0.29) is 29.6 Å². The molecule has 0 amide bonds. The topological polar surface area (TPSA) is 0 Å². The Hall–Kier alpha value is 1.06. The van der Waals surface area contributed by atoms with Crippen molar-refractivity contribution in [2.24, 2.45) is 11.8 Å². The summed E-state index contributed by atoms with van der Waals surface area (Å²) >= 11 is 0. The van der Waals surface area contributed by atoms with Gasteiger partial charge in [0.2, 0.25) is 0 Å². The quantitative estimate of drug-likeness (QED) is 0.537. The second-order valence-electron chi connectivity index (χ2n) is 3.72. The number of hydrogen-bond donors (Lipinski definition) is 0. The van der Waals surface area contributed by atoms with Crippen molar-refractivity contribution in [3.63, 3.8) is 0 Å². The van der Waals surface area contributed by atoms with E-state index >= 15 is 0 Å². The fourth-order valence-corrected chi connectivity index (χ4v) is 0.934. The Kier molecular flexibility index (Phi) is 11.1. The maximum atomic E-state index is 2.29. The third-order valence-corrected chi connectivity index (χ3v) is 1.56.